The normalized spacial score (nSPS) is 12.1. The molecule has 2 aromatic carbocycles. The Balaban J connectivity index is 1.69. The summed E-state index contributed by atoms with van der Waals surface area (Å²) in [6.45, 7) is 1.78. The Kier molecular flexibility index (Phi) is 4.26. The lowest BCUT2D eigenvalue weighted by Gasteiger charge is -2.15. The lowest BCUT2D eigenvalue weighted by Crippen LogP contribution is -2.31. The first-order chi connectivity index (χ1) is 11.4. The number of anilines is 2. The molecule has 2 amide bonds. The van der Waals surface area contributed by atoms with Crippen LogP contribution in [0.4, 0.5) is 20.7 Å². The van der Waals surface area contributed by atoms with Gasteiger partial charge in [0.25, 0.3) is 0 Å². The summed E-state index contributed by atoms with van der Waals surface area (Å²) in [6, 6.07) is 8.83. The summed E-state index contributed by atoms with van der Waals surface area (Å²) in [7, 11) is 0. The van der Waals surface area contributed by atoms with Gasteiger partial charge in [-0.1, -0.05) is 17.7 Å². The van der Waals surface area contributed by atoms with Crippen LogP contribution >= 0.6 is 11.6 Å². The fourth-order valence-corrected chi connectivity index (χ4v) is 2.53. The molecule has 0 saturated carbocycles. The molecule has 0 spiro atoms. The van der Waals surface area contributed by atoms with Crippen molar-refractivity contribution >= 4 is 40.0 Å². The van der Waals surface area contributed by atoms with E-state index in [2.05, 4.69) is 20.8 Å². The van der Waals surface area contributed by atoms with E-state index in [0.29, 0.717) is 17.1 Å². The zero-order valence-corrected chi connectivity index (χ0v) is 13.5. The number of urea groups is 1. The number of hydrogen-bond donors (Lipinski definition) is 4. The van der Waals surface area contributed by atoms with Crippen molar-refractivity contribution in [2.45, 2.75) is 13.0 Å². The molecule has 5 N–H and O–H groups in total. The van der Waals surface area contributed by atoms with Gasteiger partial charge < -0.3 is 16.4 Å². The van der Waals surface area contributed by atoms with E-state index in [1.807, 2.05) is 0 Å². The molecule has 0 aliphatic heterocycles. The quantitative estimate of drug-likeness (QED) is 0.580. The van der Waals surface area contributed by atoms with Crippen LogP contribution in [0.15, 0.2) is 36.4 Å². The van der Waals surface area contributed by atoms with Gasteiger partial charge in [-0.25, -0.2) is 9.18 Å². The average molecular weight is 348 g/mol. The van der Waals surface area contributed by atoms with Crippen molar-refractivity contribution in [2.75, 3.05) is 11.1 Å². The highest BCUT2D eigenvalue weighted by Gasteiger charge is 2.12. The van der Waals surface area contributed by atoms with Gasteiger partial charge in [0.1, 0.15) is 5.82 Å². The van der Waals surface area contributed by atoms with Gasteiger partial charge in [-0.15, -0.1) is 0 Å². The van der Waals surface area contributed by atoms with Crippen LogP contribution in [0.5, 0.6) is 0 Å². The number of benzene rings is 2. The molecule has 1 atom stereocenters. The summed E-state index contributed by atoms with van der Waals surface area (Å²) < 4.78 is 13.2. The fourth-order valence-electron chi connectivity index (χ4n) is 2.34. The number of nitrogens with zero attached hydrogens (tertiary/aromatic N) is 1. The number of nitrogens with one attached hydrogen (secondary N) is 3. The highest BCUT2D eigenvalue weighted by Crippen LogP contribution is 2.23. The maximum absolute atomic E-state index is 13.2. The molecule has 0 bridgehead atoms. The van der Waals surface area contributed by atoms with Gasteiger partial charge in [-0.2, -0.15) is 5.10 Å². The van der Waals surface area contributed by atoms with Gasteiger partial charge in [0.05, 0.1) is 16.6 Å². The van der Waals surface area contributed by atoms with Gasteiger partial charge in [-0.05, 0) is 42.8 Å². The SMILES string of the molecule is C[C@@H](NC(=O)Nc1ccc2[nH]nc(N)c2c1)c1ccc(F)c(Cl)c1. The maximum Gasteiger partial charge on any atom is 0.319 e. The predicted molar refractivity (Wildman–Crippen MR) is 92.5 cm³/mol. The molecular weight excluding hydrogens is 333 g/mol. The second-order valence-corrected chi connectivity index (χ2v) is 5.77. The number of hydrogen-bond acceptors (Lipinski definition) is 3. The molecule has 0 fully saturated rings. The van der Waals surface area contributed by atoms with E-state index in [1.54, 1.807) is 31.2 Å². The molecule has 0 aliphatic carbocycles. The minimum atomic E-state index is -0.497. The lowest BCUT2D eigenvalue weighted by molar-refractivity contribution is 0.249. The van der Waals surface area contributed by atoms with Crippen LogP contribution in [0, 0.1) is 5.82 Å². The first kappa shape index (κ1) is 16.1. The van der Waals surface area contributed by atoms with E-state index in [0.717, 1.165) is 10.9 Å². The summed E-state index contributed by atoms with van der Waals surface area (Å²) in [6.07, 6.45) is 0. The first-order valence-electron chi connectivity index (χ1n) is 7.20. The number of fused-ring (bicyclic) bond motifs is 1. The molecule has 0 radical (unpaired) electrons. The number of H-pyrrole nitrogens is 1. The summed E-state index contributed by atoms with van der Waals surface area (Å²) in [5, 5.41) is 12.9. The van der Waals surface area contributed by atoms with Gasteiger partial charge in [0, 0.05) is 11.1 Å². The largest absolute Gasteiger partial charge is 0.382 e. The predicted octanol–water partition coefficient (Wildman–Crippen LogP) is 3.82. The third-order valence-electron chi connectivity index (χ3n) is 3.64. The highest BCUT2D eigenvalue weighted by atomic mass is 35.5. The number of nitrogens with two attached hydrogens (primary N) is 1. The second kappa shape index (κ2) is 6.37. The molecule has 1 heterocycles. The van der Waals surface area contributed by atoms with Crippen molar-refractivity contribution < 1.29 is 9.18 Å². The maximum atomic E-state index is 13.2. The zero-order chi connectivity index (χ0) is 17.3. The first-order valence-corrected chi connectivity index (χ1v) is 7.58. The zero-order valence-electron chi connectivity index (χ0n) is 12.7. The topological polar surface area (TPSA) is 95.8 Å². The van der Waals surface area contributed by atoms with Crippen molar-refractivity contribution in [3.63, 3.8) is 0 Å². The van der Waals surface area contributed by atoms with E-state index >= 15 is 0 Å². The van der Waals surface area contributed by atoms with E-state index in [9.17, 15) is 9.18 Å². The Morgan fingerprint density at radius 2 is 2.12 bits per heavy atom. The van der Waals surface area contributed by atoms with Crippen LogP contribution in [-0.4, -0.2) is 16.2 Å². The van der Waals surface area contributed by atoms with Gasteiger partial charge in [0.2, 0.25) is 0 Å². The van der Waals surface area contributed by atoms with Crippen LogP contribution in [0.25, 0.3) is 10.9 Å². The van der Waals surface area contributed by atoms with Crippen molar-refractivity contribution in [1.29, 1.82) is 0 Å². The second-order valence-electron chi connectivity index (χ2n) is 5.36. The number of halogens is 2. The summed E-state index contributed by atoms with van der Waals surface area (Å²) >= 11 is 5.76. The van der Waals surface area contributed by atoms with Crippen molar-refractivity contribution in [3.05, 3.63) is 52.8 Å². The van der Waals surface area contributed by atoms with E-state index in [1.165, 1.54) is 12.1 Å². The summed E-state index contributed by atoms with van der Waals surface area (Å²) in [5.41, 5.74) is 7.81. The Labute approximate surface area is 142 Å². The summed E-state index contributed by atoms with van der Waals surface area (Å²) in [4.78, 5) is 12.1. The minimum absolute atomic E-state index is 0.0162. The van der Waals surface area contributed by atoms with Crippen LogP contribution in [-0.2, 0) is 0 Å². The van der Waals surface area contributed by atoms with Gasteiger partial charge in [-0.3, -0.25) is 5.10 Å². The van der Waals surface area contributed by atoms with E-state index < -0.39 is 11.8 Å². The number of aromatic nitrogens is 2. The Morgan fingerprint density at radius 1 is 1.33 bits per heavy atom. The molecule has 0 aliphatic rings. The molecule has 0 unspecified atom stereocenters. The number of aromatic amines is 1. The molecular formula is C16H15ClFN5O. The molecule has 124 valence electrons. The van der Waals surface area contributed by atoms with E-state index in [-0.39, 0.29) is 11.1 Å². The standard InChI is InChI=1S/C16H15ClFN5O/c1-8(9-2-4-13(18)12(17)6-9)20-16(24)21-10-3-5-14-11(7-10)15(19)23-22-14/h2-8H,1H3,(H3,19,22,23)(H2,20,21,24)/t8-/m1/s1. The lowest BCUT2D eigenvalue weighted by atomic mass is 10.1. The highest BCUT2D eigenvalue weighted by molar-refractivity contribution is 6.30. The van der Waals surface area contributed by atoms with E-state index in [4.69, 9.17) is 17.3 Å². The number of nitrogen functional groups attached to an aromatic ring is 1. The van der Waals surface area contributed by atoms with Crippen LogP contribution in [0.3, 0.4) is 0 Å². The minimum Gasteiger partial charge on any atom is -0.382 e. The molecule has 24 heavy (non-hydrogen) atoms. The summed E-state index contributed by atoms with van der Waals surface area (Å²) in [5.74, 6) is -0.133. The molecule has 8 heteroatoms. The number of carbonyl (C=O) groups excluding carboxylic acids is 1. The van der Waals surface area contributed by atoms with Crippen LogP contribution < -0.4 is 16.4 Å². The average Bonchev–Trinajstić information content (AvgIpc) is 2.91. The fraction of sp³-hybridized carbons (Fsp3) is 0.125. The van der Waals surface area contributed by atoms with Crippen LogP contribution in [0.1, 0.15) is 18.5 Å². The van der Waals surface area contributed by atoms with Crippen molar-refractivity contribution in [2.24, 2.45) is 0 Å². The molecule has 3 rings (SSSR count). The number of rotatable bonds is 3. The molecule has 6 nitrogen and oxygen atoms in total. The van der Waals surface area contributed by atoms with Gasteiger partial charge in [0.15, 0.2) is 5.82 Å². The molecule has 3 aromatic rings. The Morgan fingerprint density at radius 3 is 2.88 bits per heavy atom. The number of amides is 2. The van der Waals surface area contributed by atoms with Crippen molar-refractivity contribution in [3.8, 4) is 0 Å². The molecule has 1 aromatic heterocycles. The monoisotopic (exact) mass is 347 g/mol. The van der Waals surface area contributed by atoms with Gasteiger partial charge >= 0.3 is 6.03 Å². The third kappa shape index (κ3) is 3.26. The Hall–Kier alpha value is -2.80. The number of carbonyl (C=O) groups is 1. The smallest absolute Gasteiger partial charge is 0.319 e. The third-order valence-corrected chi connectivity index (χ3v) is 3.93. The molecule has 0 saturated heterocycles. The van der Waals surface area contributed by atoms with Crippen LogP contribution in [0.2, 0.25) is 5.02 Å². The Bertz CT molecular complexity index is 911. The van der Waals surface area contributed by atoms with Crippen molar-refractivity contribution in [1.82, 2.24) is 15.5 Å².